The number of aromatic nitrogens is 7. The third-order valence-corrected chi connectivity index (χ3v) is 6.26. The first-order valence-electron chi connectivity index (χ1n) is 11.8. The van der Waals surface area contributed by atoms with E-state index in [2.05, 4.69) is 42.7 Å². The highest BCUT2D eigenvalue weighted by atomic mass is 16.5. The number of fused-ring (bicyclic) bond motifs is 2. The molecule has 10 heteroatoms. The lowest BCUT2D eigenvalue weighted by Crippen LogP contribution is -2.18. The Morgan fingerprint density at radius 1 is 0.973 bits per heavy atom. The predicted octanol–water partition coefficient (Wildman–Crippen LogP) is 3.58. The number of methoxy groups -OCH3 is 1. The first-order valence-corrected chi connectivity index (χ1v) is 11.8. The second kappa shape index (κ2) is 9.57. The van der Waals surface area contributed by atoms with Crippen molar-refractivity contribution in [2.45, 2.75) is 19.6 Å². The molecule has 0 aliphatic rings. The first-order chi connectivity index (χ1) is 18.2. The fourth-order valence-electron chi connectivity index (χ4n) is 4.31. The van der Waals surface area contributed by atoms with Crippen LogP contribution in [0.3, 0.4) is 0 Å². The standard InChI is InChI=1S/C27H24N8O2/c1-37-20-9-10-23-21(12-20)24(32-31-23)13-28-26-22-16-35(33-27(22)30-17-29-26)15-19-7-5-18(6-8-19)14-34-11-3-2-4-25(34)36/h2-12,16-17H,13-15H2,1H3,(H,31,32)(H,28,29,30,33). The van der Waals surface area contributed by atoms with E-state index < -0.39 is 0 Å². The van der Waals surface area contributed by atoms with Crippen molar-refractivity contribution in [2.75, 3.05) is 12.4 Å². The van der Waals surface area contributed by atoms with Gasteiger partial charge < -0.3 is 14.6 Å². The van der Waals surface area contributed by atoms with Gasteiger partial charge in [-0.15, -0.1) is 0 Å². The highest BCUT2D eigenvalue weighted by Crippen LogP contribution is 2.24. The van der Waals surface area contributed by atoms with Crippen LogP contribution in [0.15, 0.2) is 84.2 Å². The summed E-state index contributed by atoms with van der Waals surface area (Å²) < 4.78 is 8.89. The average Bonchev–Trinajstić information content (AvgIpc) is 3.53. The second-order valence-corrected chi connectivity index (χ2v) is 8.71. The van der Waals surface area contributed by atoms with Crippen LogP contribution in [0.4, 0.5) is 5.82 Å². The van der Waals surface area contributed by atoms with E-state index in [9.17, 15) is 4.79 Å². The van der Waals surface area contributed by atoms with Crippen LogP contribution in [-0.4, -0.2) is 41.6 Å². The minimum atomic E-state index is -0.0132. The van der Waals surface area contributed by atoms with E-state index in [0.29, 0.717) is 31.1 Å². The Morgan fingerprint density at radius 2 is 1.81 bits per heavy atom. The lowest BCUT2D eigenvalue weighted by atomic mass is 10.1. The maximum absolute atomic E-state index is 12.0. The number of H-pyrrole nitrogens is 1. The van der Waals surface area contributed by atoms with Gasteiger partial charge in [-0.1, -0.05) is 30.3 Å². The molecule has 0 atom stereocenters. The van der Waals surface area contributed by atoms with Crippen LogP contribution in [0.2, 0.25) is 0 Å². The molecule has 6 aromatic rings. The van der Waals surface area contributed by atoms with E-state index in [1.165, 1.54) is 6.33 Å². The summed E-state index contributed by atoms with van der Waals surface area (Å²) in [4.78, 5) is 20.7. The van der Waals surface area contributed by atoms with Gasteiger partial charge in [0.15, 0.2) is 5.65 Å². The molecule has 184 valence electrons. The molecule has 0 bridgehead atoms. The summed E-state index contributed by atoms with van der Waals surface area (Å²) in [6.07, 6.45) is 5.25. The van der Waals surface area contributed by atoms with Crippen LogP contribution >= 0.6 is 0 Å². The van der Waals surface area contributed by atoms with Gasteiger partial charge in [-0.25, -0.2) is 9.97 Å². The van der Waals surface area contributed by atoms with Crippen LogP contribution in [-0.2, 0) is 19.6 Å². The molecular formula is C27H24N8O2. The largest absolute Gasteiger partial charge is 0.497 e. The zero-order chi connectivity index (χ0) is 25.2. The zero-order valence-corrected chi connectivity index (χ0v) is 20.1. The molecule has 0 fully saturated rings. The number of nitrogens with one attached hydrogen (secondary N) is 2. The Bertz CT molecular complexity index is 1750. The summed E-state index contributed by atoms with van der Waals surface area (Å²) in [5, 5.41) is 17.3. The second-order valence-electron chi connectivity index (χ2n) is 8.71. The van der Waals surface area contributed by atoms with E-state index in [1.807, 2.05) is 47.3 Å². The monoisotopic (exact) mass is 492 g/mol. The highest BCUT2D eigenvalue weighted by molar-refractivity contribution is 5.86. The Labute approximate surface area is 211 Å². The number of hydrogen-bond acceptors (Lipinski definition) is 7. The number of anilines is 1. The van der Waals surface area contributed by atoms with Crippen molar-refractivity contribution >= 4 is 27.8 Å². The van der Waals surface area contributed by atoms with Crippen molar-refractivity contribution in [1.82, 2.24) is 34.5 Å². The molecule has 0 aliphatic carbocycles. The van der Waals surface area contributed by atoms with Gasteiger partial charge in [0.25, 0.3) is 5.56 Å². The first kappa shape index (κ1) is 22.5. The molecular weight excluding hydrogens is 468 g/mol. The van der Waals surface area contributed by atoms with Crippen LogP contribution < -0.4 is 15.6 Å². The molecule has 0 radical (unpaired) electrons. The lowest BCUT2D eigenvalue weighted by molar-refractivity contribution is 0.415. The normalized spacial score (nSPS) is 11.3. The molecule has 0 spiro atoms. The smallest absolute Gasteiger partial charge is 0.250 e. The van der Waals surface area contributed by atoms with E-state index in [-0.39, 0.29) is 5.56 Å². The van der Waals surface area contributed by atoms with Gasteiger partial charge in [0.2, 0.25) is 0 Å². The maximum Gasteiger partial charge on any atom is 0.250 e. The van der Waals surface area contributed by atoms with Crippen LogP contribution in [0.5, 0.6) is 5.75 Å². The van der Waals surface area contributed by atoms with Crippen molar-refractivity contribution in [2.24, 2.45) is 0 Å². The number of nitrogens with zero attached hydrogens (tertiary/aromatic N) is 6. The van der Waals surface area contributed by atoms with E-state index in [4.69, 9.17) is 4.74 Å². The summed E-state index contributed by atoms with van der Waals surface area (Å²) in [6.45, 7) is 1.63. The Hall–Kier alpha value is -4.99. The molecule has 0 saturated carbocycles. The zero-order valence-electron chi connectivity index (χ0n) is 20.1. The summed E-state index contributed by atoms with van der Waals surface area (Å²) in [6, 6.07) is 19.1. The highest BCUT2D eigenvalue weighted by Gasteiger charge is 2.11. The van der Waals surface area contributed by atoms with Crippen molar-refractivity contribution in [3.8, 4) is 5.75 Å². The molecule has 0 saturated heterocycles. The Morgan fingerprint density at radius 3 is 2.62 bits per heavy atom. The third kappa shape index (κ3) is 4.64. The van der Waals surface area contributed by atoms with Gasteiger partial charge in [-0.05, 0) is 35.4 Å². The van der Waals surface area contributed by atoms with Gasteiger partial charge in [0.1, 0.15) is 17.9 Å². The summed E-state index contributed by atoms with van der Waals surface area (Å²) in [7, 11) is 1.65. The Balaban J connectivity index is 1.18. The fraction of sp³-hybridized carbons (Fsp3) is 0.148. The number of hydrogen-bond donors (Lipinski definition) is 2. The molecule has 37 heavy (non-hydrogen) atoms. The average molecular weight is 493 g/mol. The summed E-state index contributed by atoms with van der Waals surface area (Å²) in [5.41, 5.74) is 4.57. The molecule has 4 aromatic heterocycles. The molecule has 0 unspecified atom stereocenters. The molecule has 6 rings (SSSR count). The van der Waals surface area contributed by atoms with E-state index in [0.717, 1.165) is 38.9 Å². The minimum absolute atomic E-state index is 0.0132. The minimum Gasteiger partial charge on any atom is -0.497 e. The van der Waals surface area contributed by atoms with Gasteiger partial charge in [-0.2, -0.15) is 10.2 Å². The van der Waals surface area contributed by atoms with Gasteiger partial charge >= 0.3 is 0 Å². The molecule has 4 heterocycles. The third-order valence-electron chi connectivity index (χ3n) is 6.26. The van der Waals surface area contributed by atoms with Gasteiger partial charge in [-0.3, -0.25) is 14.6 Å². The summed E-state index contributed by atoms with van der Waals surface area (Å²) in [5.74, 6) is 1.48. The van der Waals surface area contributed by atoms with Crippen LogP contribution in [0.1, 0.15) is 16.8 Å². The van der Waals surface area contributed by atoms with Crippen molar-refractivity contribution in [3.05, 3.63) is 107 Å². The molecule has 2 N–H and O–H groups in total. The predicted molar refractivity (Wildman–Crippen MR) is 141 cm³/mol. The Kier molecular flexibility index (Phi) is 5.81. The van der Waals surface area contributed by atoms with E-state index in [1.54, 1.807) is 30.0 Å². The number of ether oxygens (including phenoxy) is 1. The summed E-state index contributed by atoms with van der Waals surface area (Å²) >= 11 is 0. The lowest BCUT2D eigenvalue weighted by Gasteiger charge is -2.07. The molecule has 10 nitrogen and oxygen atoms in total. The number of pyridine rings is 1. The SMILES string of the molecule is COc1ccc2n[nH]c(CNc3ncnc4nn(Cc5ccc(Cn6ccccc6=O)cc5)cc34)c2c1. The number of benzene rings is 2. The van der Waals surface area contributed by atoms with Crippen molar-refractivity contribution in [1.29, 1.82) is 0 Å². The topological polar surface area (TPSA) is 116 Å². The van der Waals surface area contributed by atoms with Crippen molar-refractivity contribution < 1.29 is 4.74 Å². The maximum atomic E-state index is 12.0. The fourth-order valence-corrected chi connectivity index (χ4v) is 4.31. The van der Waals surface area contributed by atoms with Crippen molar-refractivity contribution in [3.63, 3.8) is 0 Å². The number of rotatable bonds is 8. The van der Waals surface area contributed by atoms with Gasteiger partial charge in [0, 0.05) is 23.8 Å². The van der Waals surface area contributed by atoms with Crippen LogP contribution in [0, 0.1) is 0 Å². The number of aromatic amines is 1. The van der Waals surface area contributed by atoms with E-state index >= 15 is 0 Å². The van der Waals surface area contributed by atoms with Crippen LogP contribution in [0.25, 0.3) is 21.9 Å². The molecule has 2 aromatic carbocycles. The molecule has 0 aliphatic heterocycles. The molecule has 0 amide bonds. The van der Waals surface area contributed by atoms with Gasteiger partial charge in [0.05, 0.1) is 43.3 Å². The quantitative estimate of drug-likeness (QED) is 0.334.